The second-order valence-electron chi connectivity index (χ2n) is 5.59. The van der Waals surface area contributed by atoms with Gasteiger partial charge in [0.05, 0.1) is 0 Å². The van der Waals surface area contributed by atoms with E-state index in [0.717, 1.165) is 5.92 Å². The van der Waals surface area contributed by atoms with Gasteiger partial charge in [-0.25, -0.2) is 0 Å². The Hall–Kier alpha value is -0.0431. The van der Waals surface area contributed by atoms with E-state index in [1.807, 2.05) is 0 Å². The summed E-state index contributed by atoms with van der Waals surface area (Å²) in [5.74, 6) is 0.921. The molecule has 0 heterocycles. The number of rotatable bonds is 3. The summed E-state index contributed by atoms with van der Waals surface area (Å²) in [6.45, 7) is 7.33. The maximum atomic E-state index is 2.50. The molecule has 0 unspecified atom stereocenters. The van der Waals surface area contributed by atoms with Crippen LogP contribution >= 0.6 is 0 Å². The molecule has 0 aromatic carbocycles. The Morgan fingerprint density at radius 2 is 1.69 bits per heavy atom. The molecule has 1 aliphatic carbocycles. The molecule has 0 radical (unpaired) electrons. The van der Waals surface area contributed by atoms with Crippen molar-refractivity contribution >= 4 is 8.07 Å². The van der Waals surface area contributed by atoms with Gasteiger partial charge >= 0.3 is 0 Å². The number of allylic oxidation sites excluding steroid dienone is 2. The molecular weight excluding hydrogens is 172 g/mol. The van der Waals surface area contributed by atoms with Crippen molar-refractivity contribution in [2.75, 3.05) is 0 Å². The molecule has 0 aliphatic heterocycles. The van der Waals surface area contributed by atoms with Crippen LogP contribution in [-0.4, -0.2) is 8.07 Å². The van der Waals surface area contributed by atoms with Crippen molar-refractivity contribution in [2.45, 2.75) is 57.8 Å². The van der Waals surface area contributed by atoms with Gasteiger partial charge in [-0.15, -0.1) is 0 Å². The number of hydrogen-bond donors (Lipinski definition) is 0. The first-order valence-corrected chi connectivity index (χ1v) is 9.45. The minimum Gasteiger partial charge on any atom is -0.0909 e. The predicted octanol–water partition coefficient (Wildman–Crippen LogP) is 4.46. The van der Waals surface area contributed by atoms with Gasteiger partial charge in [0.1, 0.15) is 0 Å². The summed E-state index contributed by atoms with van der Waals surface area (Å²) >= 11 is 0. The van der Waals surface area contributed by atoms with E-state index < -0.39 is 8.07 Å². The van der Waals surface area contributed by atoms with Crippen LogP contribution in [0.2, 0.25) is 25.7 Å². The molecule has 13 heavy (non-hydrogen) atoms. The highest BCUT2D eigenvalue weighted by Gasteiger charge is 2.12. The summed E-state index contributed by atoms with van der Waals surface area (Å²) in [4.78, 5) is 0. The molecule has 76 valence electrons. The van der Waals surface area contributed by atoms with E-state index in [9.17, 15) is 0 Å². The lowest BCUT2D eigenvalue weighted by Crippen LogP contribution is -2.17. The van der Waals surface area contributed by atoms with Crippen LogP contribution in [0.5, 0.6) is 0 Å². The summed E-state index contributed by atoms with van der Waals surface area (Å²) in [6.07, 6.45) is 12.2. The predicted molar refractivity (Wildman–Crippen MR) is 63.9 cm³/mol. The molecule has 0 atom stereocenters. The molecule has 0 spiro atoms. The third kappa shape index (κ3) is 5.30. The number of hydrogen-bond acceptors (Lipinski definition) is 0. The van der Waals surface area contributed by atoms with Gasteiger partial charge in [-0.2, -0.15) is 0 Å². The van der Waals surface area contributed by atoms with Crippen LogP contribution in [0.4, 0.5) is 0 Å². The SMILES string of the molecule is C[Si](C)(C)C/C=C\C1CCCCC1. The van der Waals surface area contributed by atoms with Crippen LogP contribution in [0, 0.1) is 5.92 Å². The topological polar surface area (TPSA) is 0 Å². The maximum absolute atomic E-state index is 2.50. The third-order valence-corrected chi connectivity index (χ3v) is 4.25. The first kappa shape index (κ1) is 11.0. The maximum Gasteiger partial charge on any atom is 0.0480 e. The van der Waals surface area contributed by atoms with Crippen LogP contribution in [0.1, 0.15) is 32.1 Å². The van der Waals surface area contributed by atoms with Crippen molar-refractivity contribution in [1.29, 1.82) is 0 Å². The fraction of sp³-hybridized carbons (Fsp3) is 0.833. The standard InChI is InChI=1S/C12H24Si/c1-13(2,3)11-7-10-12-8-5-4-6-9-12/h7,10,12H,4-6,8-9,11H2,1-3H3/b10-7-. The summed E-state index contributed by atoms with van der Waals surface area (Å²) in [5, 5.41) is 0. The minimum absolute atomic E-state index is 0.829. The smallest absolute Gasteiger partial charge is 0.0480 e. The van der Waals surface area contributed by atoms with E-state index in [1.165, 1.54) is 38.1 Å². The Balaban J connectivity index is 2.22. The average molecular weight is 196 g/mol. The highest BCUT2D eigenvalue weighted by molar-refractivity contribution is 6.76. The van der Waals surface area contributed by atoms with Crippen molar-refractivity contribution in [1.82, 2.24) is 0 Å². The van der Waals surface area contributed by atoms with Gasteiger partial charge in [-0.3, -0.25) is 0 Å². The van der Waals surface area contributed by atoms with Crippen molar-refractivity contribution in [3.8, 4) is 0 Å². The van der Waals surface area contributed by atoms with Gasteiger partial charge in [0.15, 0.2) is 0 Å². The zero-order valence-electron chi connectivity index (χ0n) is 9.47. The van der Waals surface area contributed by atoms with E-state index in [0.29, 0.717) is 0 Å². The second kappa shape index (κ2) is 4.99. The summed E-state index contributed by atoms with van der Waals surface area (Å²) < 4.78 is 0. The quantitative estimate of drug-likeness (QED) is 0.462. The van der Waals surface area contributed by atoms with E-state index in [1.54, 1.807) is 0 Å². The largest absolute Gasteiger partial charge is 0.0909 e. The van der Waals surface area contributed by atoms with Crippen molar-refractivity contribution in [2.24, 2.45) is 5.92 Å². The zero-order valence-corrected chi connectivity index (χ0v) is 10.5. The first-order chi connectivity index (χ1) is 6.08. The first-order valence-electron chi connectivity index (χ1n) is 5.74. The van der Waals surface area contributed by atoms with Crippen LogP contribution in [0.3, 0.4) is 0 Å². The second-order valence-corrected chi connectivity index (χ2v) is 11.1. The van der Waals surface area contributed by atoms with Crippen LogP contribution in [0.15, 0.2) is 12.2 Å². The van der Waals surface area contributed by atoms with Crippen LogP contribution in [0.25, 0.3) is 0 Å². The average Bonchev–Trinajstić information content (AvgIpc) is 2.04. The molecule has 0 amide bonds. The molecule has 0 bridgehead atoms. The molecule has 0 nitrogen and oxygen atoms in total. The van der Waals surface area contributed by atoms with Crippen LogP contribution in [-0.2, 0) is 0 Å². The van der Waals surface area contributed by atoms with E-state index in [4.69, 9.17) is 0 Å². The minimum atomic E-state index is -0.829. The van der Waals surface area contributed by atoms with E-state index >= 15 is 0 Å². The van der Waals surface area contributed by atoms with Gasteiger partial charge < -0.3 is 0 Å². The normalized spacial score (nSPS) is 21.2. The Morgan fingerprint density at radius 3 is 2.23 bits per heavy atom. The third-order valence-electron chi connectivity index (χ3n) is 2.79. The monoisotopic (exact) mass is 196 g/mol. The fourth-order valence-electron chi connectivity index (χ4n) is 1.94. The summed E-state index contributed by atoms with van der Waals surface area (Å²) in [7, 11) is -0.829. The van der Waals surface area contributed by atoms with E-state index in [-0.39, 0.29) is 0 Å². The highest BCUT2D eigenvalue weighted by Crippen LogP contribution is 2.25. The van der Waals surface area contributed by atoms with Gasteiger partial charge in [-0.05, 0) is 24.8 Å². The lowest BCUT2D eigenvalue weighted by atomic mass is 9.89. The summed E-state index contributed by atoms with van der Waals surface area (Å²) in [5.41, 5.74) is 0. The Bertz CT molecular complexity index is 158. The molecule has 0 aromatic rings. The molecule has 1 heteroatoms. The Kier molecular flexibility index (Phi) is 4.24. The van der Waals surface area contributed by atoms with Gasteiger partial charge in [0.2, 0.25) is 0 Å². The lowest BCUT2D eigenvalue weighted by molar-refractivity contribution is 0.419. The van der Waals surface area contributed by atoms with Gasteiger partial charge in [-0.1, -0.05) is 51.1 Å². The van der Waals surface area contributed by atoms with Crippen LogP contribution < -0.4 is 0 Å². The molecule has 1 saturated carbocycles. The molecule has 1 aliphatic rings. The zero-order chi connectivity index (χ0) is 9.73. The fourth-order valence-corrected chi connectivity index (χ4v) is 2.78. The Morgan fingerprint density at radius 1 is 1.08 bits per heavy atom. The highest BCUT2D eigenvalue weighted by atomic mass is 28.3. The molecular formula is C12H24Si. The van der Waals surface area contributed by atoms with Crippen molar-refractivity contribution in [3.05, 3.63) is 12.2 Å². The van der Waals surface area contributed by atoms with Gasteiger partial charge in [0, 0.05) is 8.07 Å². The molecule has 0 aromatic heterocycles. The summed E-state index contributed by atoms with van der Waals surface area (Å²) in [6, 6.07) is 1.36. The van der Waals surface area contributed by atoms with Gasteiger partial charge in [0.25, 0.3) is 0 Å². The van der Waals surface area contributed by atoms with E-state index in [2.05, 4.69) is 31.8 Å². The molecule has 0 N–H and O–H groups in total. The van der Waals surface area contributed by atoms with Crippen molar-refractivity contribution < 1.29 is 0 Å². The lowest BCUT2D eigenvalue weighted by Gasteiger charge is -2.18. The Labute approximate surface area is 84.4 Å². The molecule has 1 fully saturated rings. The van der Waals surface area contributed by atoms with Crippen molar-refractivity contribution in [3.63, 3.8) is 0 Å². The molecule has 0 saturated heterocycles. The molecule has 1 rings (SSSR count).